The van der Waals surface area contributed by atoms with Crippen LogP contribution in [0.3, 0.4) is 0 Å². The van der Waals surface area contributed by atoms with Crippen molar-refractivity contribution in [2.45, 2.75) is 20.3 Å². The molecule has 0 unspecified atom stereocenters. The highest BCUT2D eigenvalue weighted by molar-refractivity contribution is 9.10. The van der Waals surface area contributed by atoms with Crippen LogP contribution in [0.1, 0.15) is 29.9 Å². The molecule has 0 bridgehead atoms. The van der Waals surface area contributed by atoms with E-state index in [1.807, 2.05) is 25.3 Å². The smallest absolute Gasteiger partial charge is 0.269 e. The van der Waals surface area contributed by atoms with Crippen LogP contribution < -0.4 is 10.1 Å². The van der Waals surface area contributed by atoms with E-state index in [2.05, 4.69) is 21.2 Å². The number of thiophene rings is 1. The van der Waals surface area contributed by atoms with E-state index >= 15 is 0 Å². The van der Waals surface area contributed by atoms with Crippen LogP contribution >= 0.6 is 27.3 Å². The highest BCUT2D eigenvalue weighted by Crippen LogP contribution is 2.34. The van der Waals surface area contributed by atoms with Crippen molar-refractivity contribution in [1.82, 2.24) is 5.32 Å². The van der Waals surface area contributed by atoms with Crippen LogP contribution in [0, 0.1) is 0 Å². The van der Waals surface area contributed by atoms with Crippen LogP contribution in [-0.4, -0.2) is 20.1 Å². The van der Waals surface area contributed by atoms with Gasteiger partial charge in [0.1, 0.15) is 4.88 Å². The first-order valence-corrected chi connectivity index (χ1v) is 7.75. The third-order valence-electron chi connectivity index (χ3n) is 2.48. The van der Waals surface area contributed by atoms with E-state index in [-0.39, 0.29) is 5.91 Å². The number of rotatable bonds is 6. The van der Waals surface area contributed by atoms with Gasteiger partial charge in [0.15, 0.2) is 5.75 Å². The topological polar surface area (TPSA) is 47.6 Å². The molecule has 0 atom stereocenters. The number of hydrogen-bond donors (Lipinski definition) is 1. The summed E-state index contributed by atoms with van der Waals surface area (Å²) in [7, 11) is 3.14. The minimum Gasteiger partial charge on any atom is -0.501 e. The summed E-state index contributed by atoms with van der Waals surface area (Å²) in [6.07, 6.45) is 4.53. The summed E-state index contributed by atoms with van der Waals surface area (Å²) in [5.74, 6) is 1.08. The number of halogens is 1. The minimum atomic E-state index is -0.197. The number of hydrogen-bond acceptors (Lipinski definition) is 4. The molecule has 1 heterocycles. The van der Waals surface area contributed by atoms with Crippen LogP contribution in [0.5, 0.6) is 5.75 Å². The van der Waals surface area contributed by atoms with Crippen molar-refractivity contribution >= 4 is 33.2 Å². The molecule has 1 N–H and O–H groups in total. The maximum atomic E-state index is 12.3. The number of methoxy groups -OCH3 is 2. The van der Waals surface area contributed by atoms with Gasteiger partial charge in [-0.1, -0.05) is 13.0 Å². The van der Waals surface area contributed by atoms with Gasteiger partial charge in [0.25, 0.3) is 5.91 Å². The highest BCUT2D eigenvalue weighted by atomic mass is 79.9. The van der Waals surface area contributed by atoms with Gasteiger partial charge >= 0.3 is 0 Å². The summed E-state index contributed by atoms with van der Waals surface area (Å²) in [6, 6.07) is 0. The maximum Gasteiger partial charge on any atom is 0.269 e. The zero-order valence-corrected chi connectivity index (χ0v) is 14.4. The van der Waals surface area contributed by atoms with Crippen molar-refractivity contribution in [3.8, 4) is 5.75 Å². The molecule has 0 saturated heterocycles. The second-order valence-corrected chi connectivity index (χ2v) is 5.66. The van der Waals surface area contributed by atoms with Gasteiger partial charge in [0.2, 0.25) is 0 Å². The van der Waals surface area contributed by atoms with Gasteiger partial charge in [-0.25, -0.2) is 0 Å². The van der Waals surface area contributed by atoms with Crippen molar-refractivity contribution in [3.63, 3.8) is 0 Å². The molecule has 0 radical (unpaired) electrons. The predicted octanol–water partition coefficient (Wildman–Crippen LogP) is 4.09. The summed E-state index contributed by atoms with van der Waals surface area (Å²) in [5.41, 5.74) is 0.712. The van der Waals surface area contributed by atoms with Gasteiger partial charge < -0.3 is 14.8 Å². The van der Waals surface area contributed by atoms with Gasteiger partial charge in [-0.05, 0) is 35.4 Å². The Kier molecular flexibility index (Phi) is 6.81. The molecule has 0 aliphatic rings. The molecule has 110 valence electrons. The largest absolute Gasteiger partial charge is 0.501 e. The summed E-state index contributed by atoms with van der Waals surface area (Å²) in [4.78, 5) is 12.8. The summed E-state index contributed by atoms with van der Waals surface area (Å²) >= 11 is 4.68. The second kappa shape index (κ2) is 8.11. The Labute approximate surface area is 131 Å². The van der Waals surface area contributed by atoms with Crippen LogP contribution in [0.4, 0.5) is 0 Å². The second-order valence-electron chi connectivity index (χ2n) is 3.93. The van der Waals surface area contributed by atoms with Gasteiger partial charge in [-0.3, -0.25) is 4.79 Å². The lowest BCUT2D eigenvalue weighted by atomic mass is 10.3. The number of nitrogens with one attached hydrogen (secondary N) is 1. The van der Waals surface area contributed by atoms with E-state index in [4.69, 9.17) is 9.47 Å². The molecular formula is C14H18BrNO3S. The number of ether oxygens (including phenoxy) is 2. The number of carbonyl (C=O) groups is 1. The Bertz CT molecular complexity index is 535. The minimum absolute atomic E-state index is 0.197. The molecule has 1 aromatic heterocycles. The van der Waals surface area contributed by atoms with E-state index in [0.29, 0.717) is 16.3 Å². The van der Waals surface area contributed by atoms with Crippen molar-refractivity contribution in [2.75, 3.05) is 14.2 Å². The molecule has 0 aliphatic heterocycles. The standard InChI is InChI=1S/C14H18BrNO3S/c1-5-6-10(7-9(2)18-3)16-14(17)13-12(19-4)11(15)8-20-13/h6-8H,5H2,1-4H3,(H,16,17)/b9-7-,10-6-. The fraction of sp³-hybridized carbons (Fsp3) is 0.357. The van der Waals surface area contributed by atoms with Crippen LogP contribution in [0.15, 0.2) is 33.5 Å². The first-order valence-electron chi connectivity index (χ1n) is 6.08. The van der Waals surface area contributed by atoms with Crippen molar-refractivity contribution < 1.29 is 14.3 Å². The number of amides is 1. The van der Waals surface area contributed by atoms with Gasteiger partial charge in [0, 0.05) is 11.1 Å². The van der Waals surface area contributed by atoms with Crippen LogP contribution in [0.2, 0.25) is 0 Å². The van der Waals surface area contributed by atoms with Gasteiger partial charge in [-0.15, -0.1) is 11.3 Å². The van der Waals surface area contributed by atoms with Gasteiger partial charge in [-0.2, -0.15) is 0 Å². The first kappa shape index (κ1) is 16.8. The SMILES string of the molecule is CC/C=C(/C=C(/C)OC)NC(=O)c1scc(Br)c1OC. The monoisotopic (exact) mass is 359 g/mol. The zero-order valence-electron chi connectivity index (χ0n) is 12.0. The lowest BCUT2D eigenvalue weighted by molar-refractivity contribution is 0.0968. The Balaban J connectivity index is 2.94. The molecule has 4 nitrogen and oxygen atoms in total. The molecule has 20 heavy (non-hydrogen) atoms. The number of allylic oxidation sites excluding steroid dienone is 3. The van der Waals surface area contributed by atoms with E-state index in [1.54, 1.807) is 20.3 Å². The molecule has 1 rings (SSSR count). The Hall–Kier alpha value is -1.27. The lowest BCUT2D eigenvalue weighted by Crippen LogP contribution is -2.21. The van der Waals surface area contributed by atoms with Crippen LogP contribution in [0.25, 0.3) is 0 Å². The molecule has 0 spiro atoms. The predicted molar refractivity (Wildman–Crippen MR) is 85.2 cm³/mol. The fourth-order valence-electron chi connectivity index (χ4n) is 1.50. The van der Waals surface area contributed by atoms with E-state index in [9.17, 15) is 4.79 Å². The first-order chi connectivity index (χ1) is 9.53. The third-order valence-corrected chi connectivity index (χ3v) is 4.33. The Morgan fingerprint density at radius 2 is 2.20 bits per heavy atom. The fourth-order valence-corrected chi connectivity index (χ4v) is 3.06. The van der Waals surface area contributed by atoms with Crippen molar-refractivity contribution in [1.29, 1.82) is 0 Å². The van der Waals surface area contributed by atoms with Crippen molar-refractivity contribution in [2.24, 2.45) is 0 Å². The Morgan fingerprint density at radius 3 is 2.75 bits per heavy atom. The van der Waals surface area contributed by atoms with E-state index in [0.717, 1.165) is 16.7 Å². The molecular weight excluding hydrogens is 342 g/mol. The normalized spacial score (nSPS) is 12.2. The van der Waals surface area contributed by atoms with Crippen molar-refractivity contribution in [3.05, 3.63) is 38.3 Å². The molecule has 0 fully saturated rings. The summed E-state index contributed by atoms with van der Waals surface area (Å²) < 4.78 is 11.1. The van der Waals surface area contributed by atoms with E-state index < -0.39 is 0 Å². The summed E-state index contributed by atoms with van der Waals surface area (Å²) in [6.45, 7) is 3.84. The third kappa shape index (κ3) is 4.38. The molecule has 1 aromatic rings. The quantitative estimate of drug-likeness (QED) is 0.614. The number of carbonyl (C=O) groups excluding carboxylic acids is 1. The molecule has 0 saturated carbocycles. The average Bonchev–Trinajstić information content (AvgIpc) is 2.79. The summed E-state index contributed by atoms with van der Waals surface area (Å²) in [5, 5.41) is 4.69. The lowest BCUT2D eigenvalue weighted by Gasteiger charge is -2.08. The zero-order chi connectivity index (χ0) is 15.1. The van der Waals surface area contributed by atoms with E-state index in [1.165, 1.54) is 11.3 Å². The molecule has 6 heteroatoms. The molecule has 1 amide bonds. The van der Waals surface area contributed by atoms with Gasteiger partial charge in [0.05, 0.1) is 24.5 Å². The molecule has 0 aliphatic carbocycles. The Morgan fingerprint density at radius 1 is 1.50 bits per heavy atom. The van der Waals surface area contributed by atoms with Crippen LogP contribution in [-0.2, 0) is 4.74 Å². The highest BCUT2D eigenvalue weighted by Gasteiger charge is 2.18. The molecule has 0 aromatic carbocycles. The maximum absolute atomic E-state index is 12.3. The average molecular weight is 360 g/mol.